The van der Waals surface area contributed by atoms with E-state index in [0.29, 0.717) is 18.3 Å². The van der Waals surface area contributed by atoms with Crippen molar-refractivity contribution in [1.29, 1.82) is 0 Å². The van der Waals surface area contributed by atoms with E-state index < -0.39 is 0 Å². The molecular formula is C15H19N3O2. The zero-order valence-corrected chi connectivity index (χ0v) is 11.6. The maximum absolute atomic E-state index is 6.15. The molecule has 1 heterocycles. The second-order valence-electron chi connectivity index (χ2n) is 5.07. The molecule has 0 saturated carbocycles. The van der Waals surface area contributed by atoms with Crippen molar-refractivity contribution in [2.75, 3.05) is 0 Å². The van der Waals surface area contributed by atoms with Gasteiger partial charge < -0.3 is 15.0 Å². The van der Waals surface area contributed by atoms with Gasteiger partial charge in [0.2, 0.25) is 0 Å². The van der Waals surface area contributed by atoms with Gasteiger partial charge in [-0.25, -0.2) is 0 Å². The first kappa shape index (κ1) is 13.1. The lowest BCUT2D eigenvalue weighted by atomic mass is 9.88. The van der Waals surface area contributed by atoms with Gasteiger partial charge in [-0.1, -0.05) is 24.2 Å². The highest BCUT2D eigenvalue weighted by Gasteiger charge is 2.20. The summed E-state index contributed by atoms with van der Waals surface area (Å²) in [5.41, 5.74) is 8.57. The van der Waals surface area contributed by atoms with Crippen molar-refractivity contribution in [3.63, 3.8) is 0 Å². The first-order chi connectivity index (χ1) is 9.78. The molecule has 5 nitrogen and oxygen atoms in total. The van der Waals surface area contributed by atoms with Crippen molar-refractivity contribution in [3.05, 3.63) is 41.0 Å². The molecule has 1 aliphatic carbocycles. The molecule has 1 aromatic heterocycles. The number of benzene rings is 1. The minimum absolute atomic E-state index is 0.123. The minimum Gasteiger partial charge on any atom is -0.483 e. The van der Waals surface area contributed by atoms with Crippen molar-refractivity contribution in [2.24, 2.45) is 5.73 Å². The number of nitrogens with zero attached hydrogens (tertiary/aromatic N) is 2. The van der Waals surface area contributed by atoms with Crippen molar-refractivity contribution >= 4 is 0 Å². The molecule has 1 atom stereocenters. The van der Waals surface area contributed by atoms with Gasteiger partial charge >= 0.3 is 0 Å². The summed E-state index contributed by atoms with van der Waals surface area (Å²) in [5, 5.41) is 3.86. The lowest BCUT2D eigenvalue weighted by Gasteiger charge is -2.24. The number of nitrogens with two attached hydrogens (primary N) is 1. The Hall–Kier alpha value is -1.88. The van der Waals surface area contributed by atoms with Crippen molar-refractivity contribution in [3.8, 4) is 5.75 Å². The molecule has 2 aromatic rings. The molecule has 0 bridgehead atoms. The number of rotatable bonds is 4. The van der Waals surface area contributed by atoms with Crippen LogP contribution in [0.5, 0.6) is 5.75 Å². The third kappa shape index (κ3) is 2.54. The Kier molecular flexibility index (Phi) is 3.69. The first-order valence-corrected chi connectivity index (χ1v) is 7.09. The SMILES string of the molecule is CCc1noc(COc2cccc3c2CCCC3N)n1. The molecule has 0 radical (unpaired) electrons. The Morgan fingerprint density at radius 2 is 2.35 bits per heavy atom. The number of hydrogen-bond donors (Lipinski definition) is 1. The maximum atomic E-state index is 6.15. The highest BCUT2D eigenvalue weighted by atomic mass is 16.5. The molecule has 20 heavy (non-hydrogen) atoms. The predicted octanol–water partition coefficient (Wildman–Crippen LogP) is 2.55. The summed E-state index contributed by atoms with van der Waals surface area (Å²) >= 11 is 0. The van der Waals surface area contributed by atoms with Gasteiger partial charge in [0.25, 0.3) is 5.89 Å². The number of fused-ring (bicyclic) bond motifs is 1. The van der Waals surface area contributed by atoms with E-state index in [0.717, 1.165) is 31.4 Å². The zero-order valence-electron chi connectivity index (χ0n) is 11.6. The molecule has 3 rings (SSSR count). The Bertz CT molecular complexity index is 595. The van der Waals surface area contributed by atoms with Gasteiger partial charge in [0, 0.05) is 12.5 Å². The molecular weight excluding hydrogens is 254 g/mol. The summed E-state index contributed by atoms with van der Waals surface area (Å²) in [6, 6.07) is 6.18. The molecule has 0 amide bonds. The monoisotopic (exact) mass is 273 g/mol. The third-order valence-corrected chi connectivity index (χ3v) is 3.69. The normalized spacial score (nSPS) is 17.8. The van der Waals surface area contributed by atoms with Crippen molar-refractivity contribution < 1.29 is 9.26 Å². The van der Waals surface area contributed by atoms with Crippen LogP contribution in [0.15, 0.2) is 22.7 Å². The second-order valence-corrected chi connectivity index (χ2v) is 5.07. The molecule has 1 aliphatic rings. The van der Waals surface area contributed by atoms with Crippen molar-refractivity contribution in [1.82, 2.24) is 10.1 Å². The summed E-state index contributed by atoms with van der Waals surface area (Å²) in [4.78, 5) is 4.24. The van der Waals surface area contributed by atoms with E-state index in [1.807, 2.05) is 19.1 Å². The van der Waals surface area contributed by atoms with E-state index in [4.69, 9.17) is 15.0 Å². The van der Waals surface area contributed by atoms with Crippen LogP contribution in [0.2, 0.25) is 0 Å². The van der Waals surface area contributed by atoms with E-state index in [1.165, 1.54) is 11.1 Å². The van der Waals surface area contributed by atoms with Crippen LogP contribution in [0.4, 0.5) is 0 Å². The van der Waals surface area contributed by atoms with Gasteiger partial charge in [-0.15, -0.1) is 0 Å². The molecule has 0 fully saturated rings. The average molecular weight is 273 g/mol. The van der Waals surface area contributed by atoms with Crippen LogP contribution >= 0.6 is 0 Å². The van der Waals surface area contributed by atoms with Crippen LogP contribution in [-0.4, -0.2) is 10.1 Å². The maximum Gasteiger partial charge on any atom is 0.264 e. The molecule has 1 aromatic carbocycles. The smallest absolute Gasteiger partial charge is 0.264 e. The highest BCUT2D eigenvalue weighted by molar-refractivity contribution is 5.43. The van der Waals surface area contributed by atoms with Crippen LogP contribution in [0, 0.1) is 0 Å². The summed E-state index contributed by atoms with van der Waals surface area (Å²) in [6.07, 6.45) is 3.93. The molecule has 0 saturated heterocycles. The predicted molar refractivity (Wildman–Crippen MR) is 74.3 cm³/mol. The number of aryl methyl sites for hydroxylation is 1. The van der Waals surface area contributed by atoms with E-state index in [-0.39, 0.29) is 6.04 Å². The fraction of sp³-hybridized carbons (Fsp3) is 0.467. The molecule has 106 valence electrons. The van der Waals surface area contributed by atoms with E-state index in [9.17, 15) is 0 Å². The van der Waals surface area contributed by atoms with Gasteiger partial charge in [-0.2, -0.15) is 4.98 Å². The third-order valence-electron chi connectivity index (χ3n) is 3.69. The fourth-order valence-corrected chi connectivity index (χ4v) is 2.62. The number of hydrogen-bond acceptors (Lipinski definition) is 5. The minimum atomic E-state index is 0.123. The Morgan fingerprint density at radius 1 is 1.45 bits per heavy atom. The molecule has 0 spiro atoms. The van der Waals surface area contributed by atoms with Gasteiger partial charge in [0.05, 0.1) is 0 Å². The van der Waals surface area contributed by atoms with Crippen LogP contribution in [0.3, 0.4) is 0 Å². The standard InChI is InChI=1S/C15H19N3O2/c1-2-14-17-15(20-18-14)9-19-13-8-4-5-10-11(13)6-3-7-12(10)16/h4-5,8,12H,2-3,6-7,9,16H2,1H3. The topological polar surface area (TPSA) is 74.2 Å². The summed E-state index contributed by atoms with van der Waals surface area (Å²) in [5.74, 6) is 2.11. The Balaban J connectivity index is 1.76. The summed E-state index contributed by atoms with van der Waals surface area (Å²) in [6.45, 7) is 2.29. The van der Waals surface area contributed by atoms with Gasteiger partial charge in [-0.05, 0) is 36.5 Å². The van der Waals surface area contributed by atoms with E-state index >= 15 is 0 Å². The molecule has 5 heteroatoms. The van der Waals surface area contributed by atoms with E-state index in [2.05, 4.69) is 16.2 Å². The lowest BCUT2D eigenvalue weighted by Crippen LogP contribution is -2.18. The second kappa shape index (κ2) is 5.63. The lowest BCUT2D eigenvalue weighted by molar-refractivity contribution is 0.239. The Morgan fingerprint density at radius 3 is 3.15 bits per heavy atom. The summed E-state index contributed by atoms with van der Waals surface area (Å²) in [7, 11) is 0. The number of ether oxygens (including phenoxy) is 1. The van der Waals surface area contributed by atoms with Crippen LogP contribution in [0.1, 0.15) is 48.6 Å². The fourth-order valence-electron chi connectivity index (χ4n) is 2.62. The number of aromatic nitrogens is 2. The average Bonchev–Trinajstić information content (AvgIpc) is 2.94. The van der Waals surface area contributed by atoms with Gasteiger partial charge in [0.1, 0.15) is 5.75 Å². The summed E-state index contributed by atoms with van der Waals surface area (Å²) < 4.78 is 11.0. The van der Waals surface area contributed by atoms with Crippen LogP contribution < -0.4 is 10.5 Å². The quantitative estimate of drug-likeness (QED) is 0.926. The van der Waals surface area contributed by atoms with Crippen LogP contribution in [0.25, 0.3) is 0 Å². The molecule has 0 aliphatic heterocycles. The van der Waals surface area contributed by atoms with Crippen LogP contribution in [-0.2, 0) is 19.4 Å². The van der Waals surface area contributed by atoms with Gasteiger partial charge in [-0.3, -0.25) is 0 Å². The zero-order chi connectivity index (χ0) is 13.9. The van der Waals surface area contributed by atoms with E-state index in [1.54, 1.807) is 0 Å². The largest absolute Gasteiger partial charge is 0.483 e. The molecule has 2 N–H and O–H groups in total. The van der Waals surface area contributed by atoms with Gasteiger partial charge in [0.15, 0.2) is 12.4 Å². The Labute approximate surface area is 118 Å². The van der Waals surface area contributed by atoms with Crippen molar-refractivity contribution in [2.45, 2.75) is 45.3 Å². The molecule has 1 unspecified atom stereocenters. The first-order valence-electron chi connectivity index (χ1n) is 7.09. The highest BCUT2D eigenvalue weighted by Crippen LogP contribution is 2.34.